The summed E-state index contributed by atoms with van der Waals surface area (Å²) in [5, 5.41) is 8.77. The molecule has 0 atom stereocenters. The Labute approximate surface area is 303 Å². The molecule has 4 aromatic rings. The number of carbonyl (C=O) groups is 1. The van der Waals surface area contributed by atoms with Crippen molar-refractivity contribution in [1.82, 2.24) is 30.0 Å². The number of halogens is 4. The van der Waals surface area contributed by atoms with E-state index in [9.17, 15) is 22.4 Å². The van der Waals surface area contributed by atoms with Crippen molar-refractivity contribution in [3.63, 3.8) is 0 Å². The number of amides is 1. The summed E-state index contributed by atoms with van der Waals surface area (Å²) >= 11 is 0. The van der Waals surface area contributed by atoms with Gasteiger partial charge < -0.3 is 24.2 Å². The summed E-state index contributed by atoms with van der Waals surface area (Å²) in [5.41, 5.74) is 4.25. The van der Waals surface area contributed by atoms with Gasteiger partial charge in [0, 0.05) is 80.2 Å². The van der Waals surface area contributed by atoms with E-state index in [0.717, 1.165) is 66.4 Å². The molecule has 2 aromatic carbocycles. The van der Waals surface area contributed by atoms with E-state index < -0.39 is 24.5 Å². The molecule has 15 heteroatoms. The van der Waals surface area contributed by atoms with E-state index in [4.69, 9.17) is 19.4 Å². The van der Waals surface area contributed by atoms with E-state index in [2.05, 4.69) is 37.5 Å². The lowest BCUT2D eigenvalue weighted by Gasteiger charge is -2.54. The second-order valence-electron chi connectivity index (χ2n) is 15.4. The average Bonchev–Trinajstić information content (AvgIpc) is 3.84. The summed E-state index contributed by atoms with van der Waals surface area (Å²) < 4.78 is 67.3. The number of piperidine rings is 1. The number of hydrogen-bond donors (Lipinski definition) is 1. The van der Waals surface area contributed by atoms with Gasteiger partial charge in [0.05, 0.1) is 24.9 Å². The van der Waals surface area contributed by atoms with E-state index in [1.165, 1.54) is 4.90 Å². The lowest BCUT2D eigenvalue weighted by atomic mass is 9.72. The lowest BCUT2D eigenvalue weighted by molar-refractivity contribution is -0.153. The summed E-state index contributed by atoms with van der Waals surface area (Å²) in [6, 6.07) is 6.27. The number of aromatic nitrogens is 4. The molecule has 5 fully saturated rings. The summed E-state index contributed by atoms with van der Waals surface area (Å²) in [6.07, 6.45) is 0.477. The zero-order chi connectivity index (χ0) is 36.6. The number of hydrogen-bond acceptors (Lipinski definition) is 9. The Hall–Kier alpha value is -4.50. The van der Waals surface area contributed by atoms with Gasteiger partial charge in [-0.1, -0.05) is 12.6 Å². The van der Waals surface area contributed by atoms with Gasteiger partial charge in [-0.3, -0.25) is 14.8 Å². The molecule has 5 aliphatic rings. The molecule has 2 aromatic heterocycles. The van der Waals surface area contributed by atoms with Gasteiger partial charge in [-0.25, -0.2) is 9.37 Å². The van der Waals surface area contributed by atoms with Crippen LogP contribution in [-0.4, -0.2) is 120 Å². The van der Waals surface area contributed by atoms with Gasteiger partial charge in [0.1, 0.15) is 11.3 Å². The smallest absolute Gasteiger partial charge is 0.422 e. The van der Waals surface area contributed by atoms with Crippen molar-refractivity contribution in [2.45, 2.75) is 50.7 Å². The zero-order valence-corrected chi connectivity index (χ0v) is 29.6. The predicted octanol–water partition coefficient (Wildman–Crippen LogP) is 5.73. The molecule has 6 heterocycles. The normalized spacial score (nSPS) is 21.0. The Morgan fingerprint density at radius 1 is 1.04 bits per heavy atom. The van der Waals surface area contributed by atoms with Crippen molar-refractivity contribution in [1.29, 1.82) is 0 Å². The largest absolute Gasteiger partial charge is 0.481 e. The van der Waals surface area contributed by atoms with Crippen molar-refractivity contribution < 1.29 is 31.8 Å². The summed E-state index contributed by atoms with van der Waals surface area (Å²) in [4.78, 5) is 30.7. The molecule has 4 saturated heterocycles. The van der Waals surface area contributed by atoms with Crippen LogP contribution in [0.2, 0.25) is 0 Å². The number of anilines is 2. The quantitative estimate of drug-likeness (QED) is 0.180. The number of fused-ring (bicyclic) bond motifs is 2. The number of likely N-dealkylation sites (tertiary alicyclic amines) is 1. The first-order chi connectivity index (χ1) is 25.5. The SMILES string of the molecule is C=C(F)C(=O)N1CC2(CCN(c3nc(N4CC(N5CCOCC5)C4)nc4c(OCC(F)(F)F)c(-c5c(C)ccc6[nH]ncc56)c(C5CC5)cc34)CC2)C1. The number of nitrogens with zero attached hydrogens (tertiary/aromatic N) is 7. The highest BCUT2D eigenvalue weighted by molar-refractivity contribution is 6.06. The van der Waals surface area contributed by atoms with Gasteiger partial charge >= 0.3 is 6.18 Å². The van der Waals surface area contributed by atoms with E-state index >= 15 is 0 Å². The molecule has 280 valence electrons. The Bertz CT molecular complexity index is 2090. The van der Waals surface area contributed by atoms with Crippen LogP contribution in [0.25, 0.3) is 32.9 Å². The molecule has 0 bridgehead atoms. The fraction of sp³-hybridized carbons (Fsp3) is 0.526. The molecule has 1 N–H and O–H groups in total. The van der Waals surface area contributed by atoms with Crippen molar-refractivity contribution in [2.75, 3.05) is 82.0 Å². The van der Waals surface area contributed by atoms with Gasteiger partial charge in [-0.05, 0) is 67.3 Å². The minimum absolute atomic E-state index is 0.113. The number of aromatic amines is 1. The van der Waals surface area contributed by atoms with Gasteiger partial charge in [0.15, 0.2) is 18.2 Å². The lowest BCUT2D eigenvalue weighted by Crippen LogP contribution is -2.62. The van der Waals surface area contributed by atoms with Crippen LogP contribution in [0.3, 0.4) is 0 Å². The highest BCUT2D eigenvalue weighted by Crippen LogP contribution is 2.53. The Morgan fingerprint density at radius 2 is 1.77 bits per heavy atom. The molecule has 1 saturated carbocycles. The van der Waals surface area contributed by atoms with E-state index in [1.54, 1.807) is 6.20 Å². The van der Waals surface area contributed by atoms with Crippen LogP contribution in [0.1, 0.15) is 42.7 Å². The maximum Gasteiger partial charge on any atom is 0.422 e. The first kappa shape index (κ1) is 34.3. The Balaban J connectivity index is 1.17. The maximum atomic E-state index is 14.1. The number of H-pyrrole nitrogens is 1. The number of alkyl halides is 3. The number of carbonyl (C=O) groups excluding carboxylic acids is 1. The second-order valence-corrected chi connectivity index (χ2v) is 15.4. The standard InChI is InChI=1S/C38H42F4N8O3/c1-22-3-6-29-28(16-43-46-29)30(22)31-26(24-4-5-24)15-27-32(33(31)53-21-38(40,41)42)44-36(49-17-25(18-49)47-11-13-52-14-12-47)45-34(27)48-9-7-37(8-10-48)19-50(20-37)35(51)23(2)39/h3,6,15-16,24-25H,2,4-5,7-14,17-21H2,1H3,(H,43,46). The Kier molecular flexibility index (Phi) is 8.29. The van der Waals surface area contributed by atoms with E-state index in [-0.39, 0.29) is 17.1 Å². The van der Waals surface area contributed by atoms with Crippen LogP contribution in [0.15, 0.2) is 36.8 Å². The van der Waals surface area contributed by atoms with Gasteiger partial charge in [-0.15, -0.1) is 0 Å². The highest BCUT2D eigenvalue weighted by Gasteiger charge is 2.48. The zero-order valence-electron chi connectivity index (χ0n) is 29.6. The molecule has 4 aliphatic heterocycles. The molecule has 0 radical (unpaired) electrons. The minimum Gasteiger partial charge on any atom is -0.481 e. The number of aryl methyl sites for hydroxylation is 1. The molecule has 0 unspecified atom stereocenters. The number of rotatable bonds is 8. The number of nitrogens with one attached hydrogen (secondary N) is 1. The molecule has 53 heavy (non-hydrogen) atoms. The van der Waals surface area contributed by atoms with Crippen molar-refractivity contribution in [2.24, 2.45) is 5.41 Å². The second kappa shape index (κ2) is 12.8. The molecular weight excluding hydrogens is 692 g/mol. The third kappa shape index (κ3) is 6.24. The fourth-order valence-electron chi connectivity index (χ4n) is 8.72. The number of ether oxygens (including phenoxy) is 2. The topological polar surface area (TPSA) is 103 Å². The first-order valence-corrected chi connectivity index (χ1v) is 18.4. The maximum absolute atomic E-state index is 14.1. The van der Waals surface area contributed by atoms with Crippen molar-refractivity contribution in [3.05, 3.63) is 47.9 Å². The van der Waals surface area contributed by atoms with Gasteiger partial charge in [0.2, 0.25) is 5.95 Å². The van der Waals surface area contributed by atoms with Crippen molar-refractivity contribution >= 4 is 39.5 Å². The average molecular weight is 735 g/mol. The monoisotopic (exact) mass is 734 g/mol. The van der Waals surface area contributed by atoms with Crippen LogP contribution < -0.4 is 14.5 Å². The first-order valence-electron chi connectivity index (χ1n) is 18.4. The van der Waals surface area contributed by atoms with Crippen LogP contribution in [0.4, 0.5) is 29.3 Å². The summed E-state index contributed by atoms with van der Waals surface area (Å²) in [7, 11) is 0. The molecule has 1 amide bonds. The van der Waals surface area contributed by atoms with Gasteiger partial charge in [0.25, 0.3) is 5.91 Å². The molecule has 9 rings (SSSR count). The van der Waals surface area contributed by atoms with Crippen LogP contribution in [-0.2, 0) is 9.53 Å². The number of morpholine rings is 1. The van der Waals surface area contributed by atoms with Crippen molar-refractivity contribution in [3.8, 4) is 16.9 Å². The number of benzene rings is 2. The van der Waals surface area contributed by atoms with Gasteiger partial charge in [-0.2, -0.15) is 23.3 Å². The third-order valence-electron chi connectivity index (χ3n) is 11.8. The predicted molar refractivity (Wildman–Crippen MR) is 192 cm³/mol. The van der Waals surface area contributed by atoms with Crippen LogP contribution in [0.5, 0.6) is 5.75 Å². The molecule has 1 spiro atoms. The molecule has 1 aliphatic carbocycles. The summed E-state index contributed by atoms with van der Waals surface area (Å²) in [6.45, 7) is 10.3. The van der Waals surface area contributed by atoms with E-state index in [1.807, 2.05) is 19.1 Å². The molecule has 11 nitrogen and oxygen atoms in total. The minimum atomic E-state index is -4.58. The third-order valence-corrected chi connectivity index (χ3v) is 11.8. The fourth-order valence-corrected chi connectivity index (χ4v) is 8.72. The Morgan fingerprint density at radius 3 is 2.45 bits per heavy atom. The van der Waals surface area contributed by atoms with E-state index in [0.29, 0.717) is 86.8 Å². The van der Waals surface area contributed by atoms with Crippen LogP contribution in [0, 0.1) is 12.3 Å². The molecular formula is C38H42F4N8O3. The van der Waals surface area contributed by atoms with Crippen LogP contribution >= 0.6 is 0 Å². The summed E-state index contributed by atoms with van der Waals surface area (Å²) in [5.74, 6) is -0.225. The highest BCUT2D eigenvalue weighted by atomic mass is 19.4.